The summed E-state index contributed by atoms with van der Waals surface area (Å²) in [5, 5.41) is 10.8. The van der Waals surface area contributed by atoms with E-state index < -0.39 is 0 Å². The minimum absolute atomic E-state index is 0.123. The van der Waals surface area contributed by atoms with Crippen molar-refractivity contribution in [3.05, 3.63) is 52.6 Å². The number of rotatable bonds is 5. The Balaban J connectivity index is 1.44. The molecule has 1 amide bonds. The van der Waals surface area contributed by atoms with Gasteiger partial charge in [-0.3, -0.25) is 14.5 Å². The molecule has 9 nitrogen and oxygen atoms in total. The molecule has 0 unspecified atom stereocenters. The predicted molar refractivity (Wildman–Crippen MR) is 128 cm³/mol. The highest BCUT2D eigenvalue weighted by Gasteiger charge is 2.30. The molecule has 172 valence electrons. The van der Waals surface area contributed by atoms with Crippen molar-refractivity contribution in [2.75, 3.05) is 43.1 Å². The fourth-order valence-electron chi connectivity index (χ4n) is 4.77. The monoisotopic (exact) mass is 447 g/mol. The molecule has 5 heterocycles. The highest BCUT2D eigenvalue weighted by molar-refractivity contribution is 6.05. The lowest BCUT2D eigenvalue weighted by molar-refractivity contribution is -0.116. The third-order valence-electron chi connectivity index (χ3n) is 6.45. The molecular formula is C24H29N7O2. The number of hydrogen-bond acceptors (Lipinski definition) is 7. The van der Waals surface area contributed by atoms with Gasteiger partial charge in [-0.2, -0.15) is 5.10 Å². The zero-order valence-electron chi connectivity index (χ0n) is 18.9. The maximum atomic E-state index is 12.8. The first kappa shape index (κ1) is 21.4. The Hall–Kier alpha value is -3.46. The molecule has 2 N–H and O–H groups in total. The van der Waals surface area contributed by atoms with Crippen molar-refractivity contribution in [1.82, 2.24) is 20.1 Å². The number of carbonyl (C=O) groups is 1. The van der Waals surface area contributed by atoms with Gasteiger partial charge in [0, 0.05) is 48.7 Å². The number of nitrogens with one attached hydrogen (secondary N) is 2. The number of aryl methyl sites for hydroxylation is 1. The molecule has 0 saturated carbocycles. The van der Waals surface area contributed by atoms with Crippen LogP contribution in [0, 0.1) is 0 Å². The molecule has 2 aromatic heterocycles. The van der Waals surface area contributed by atoms with E-state index in [1.54, 1.807) is 0 Å². The van der Waals surface area contributed by atoms with Gasteiger partial charge in [0.2, 0.25) is 0 Å². The molecular weight excluding hydrogens is 418 g/mol. The van der Waals surface area contributed by atoms with E-state index in [9.17, 15) is 4.79 Å². The van der Waals surface area contributed by atoms with Crippen LogP contribution in [0.5, 0.6) is 0 Å². The van der Waals surface area contributed by atoms with Gasteiger partial charge < -0.3 is 20.3 Å². The van der Waals surface area contributed by atoms with Gasteiger partial charge in [-0.25, -0.2) is 4.98 Å². The van der Waals surface area contributed by atoms with E-state index in [0.29, 0.717) is 17.9 Å². The molecule has 0 atom stereocenters. The van der Waals surface area contributed by atoms with Crippen LogP contribution in [0.25, 0.3) is 5.70 Å². The lowest BCUT2D eigenvalue weighted by Crippen LogP contribution is -2.36. The molecule has 9 heteroatoms. The molecule has 2 aromatic rings. The minimum Gasteiger partial charge on any atom is -0.378 e. The number of aromatic nitrogens is 3. The van der Waals surface area contributed by atoms with Crippen LogP contribution < -0.4 is 15.5 Å². The Kier molecular flexibility index (Phi) is 5.95. The van der Waals surface area contributed by atoms with E-state index >= 15 is 0 Å². The molecule has 0 bridgehead atoms. The number of hydrogen-bond donors (Lipinski definition) is 2. The Labute approximate surface area is 193 Å². The first-order chi connectivity index (χ1) is 16.2. The second kappa shape index (κ2) is 9.19. The fourth-order valence-corrected chi connectivity index (χ4v) is 4.77. The van der Waals surface area contributed by atoms with Gasteiger partial charge in [0.25, 0.3) is 5.91 Å². The number of anilines is 2. The summed E-state index contributed by atoms with van der Waals surface area (Å²) in [5.74, 6) is 0.564. The summed E-state index contributed by atoms with van der Waals surface area (Å²) in [7, 11) is 0. The van der Waals surface area contributed by atoms with E-state index in [-0.39, 0.29) is 5.91 Å². The van der Waals surface area contributed by atoms with Crippen LogP contribution in [0.4, 0.5) is 11.5 Å². The Morgan fingerprint density at radius 3 is 2.82 bits per heavy atom. The van der Waals surface area contributed by atoms with Crippen LogP contribution in [-0.4, -0.2) is 60.2 Å². The van der Waals surface area contributed by atoms with Crippen LogP contribution in [0.3, 0.4) is 0 Å². The zero-order chi connectivity index (χ0) is 22.8. The molecule has 2 fully saturated rings. The number of ether oxygens (including phenoxy) is 1. The van der Waals surface area contributed by atoms with Gasteiger partial charge in [0.05, 0.1) is 42.6 Å². The number of allylic oxidation sites excluding steroid dienone is 1. The number of pyridine rings is 1. The van der Waals surface area contributed by atoms with Crippen molar-refractivity contribution in [1.29, 1.82) is 0 Å². The summed E-state index contributed by atoms with van der Waals surface area (Å²) >= 11 is 0. The summed E-state index contributed by atoms with van der Waals surface area (Å²) in [4.78, 5) is 24.0. The molecule has 5 rings (SSSR count). The molecule has 3 aliphatic heterocycles. The van der Waals surface area contributed by atoms with E-state index in [2.05, 4.69) is 37.3 Å². The zero-order valence-corrected chi connectivity index (χ0v) is 18.9. The Morgan fingerprint density at radius 1 is 1.21 bits per heavy atom. The van der Waals surface area contributed by atoms with Crippen molar-refractivity contribution in [2.45, 2.75) is 32.7 Å². The standard InChI is InChI=1S/C24H29N7O2/c1-16(29-21-7-6-17(13-26-21)30-9-11-33-12-10-30)22-19(14-27-24(22)32)23(25-2)18-15-28-31-8-4-3-5-20(18)31/h6-7,13,15H,2-5,8-12,14H2,1H3,(H,26,29)(H,27,32)/b22-16-,23-19-. The van der Waals surface area contributed by atoms with Gasteiger partial charge in [-0.15, -0.1) is 0 Å². The average molecular weight is 448 g/mol. The molecule has 0 radical (unpaired) electrons. The summed E-state index contributed by atoms with van der Waals surface area (Å²) in [6.45, 7) is 10.2. The molecule has 0 aliphatic carbocycles. The van der Waals surface area contributed by atoms with E-state index in [1.165, 1.54) is 5.69 Å². The van der Waals surface area contributed by atoms with Gasteiger partial charge in [-0.05, 0) is 45.0 Å². The third kappa shape index (κ3) is 4.16. The highest BCUT2D eigenvalue weighted by Crippen LogP contribution is 2.33. The van der Waals surface area contributed by atoms with E-state index in [4.69, 9.17) is 4.74 Å². The van der Waals surface area contributed by atoms with Crippen molar-refractivity contribution in [3.63, 3.8) is 0 Å². The van der Waals surface area contributed by atoms with Gasteiger partial charge in [0.1, 0.15) is 5.82 Å². The van der Waals surface area contributed by atoms with Gasteiger partial charge in [0.15, 0.2) is 0 Å². The molecule has 2 saturated heterocycles. The molecule has 3 aliphatic rings. The SMILES string of the molecule is C=N/C(=C1/CNC(=O)/C1=C(/C)Nc1ccc(N2CCOCC2)cn1)c1cnn2c1CCCC2. The predicted octanol–water partition coefficient (Wildman–Crippen LogP) is 2.38. The van der Waals surface area contributed by atoms with Crippen molar-refractivity contribution < 1.29 is 9.53 Å². The topological polar surface area (TPSA) is 96.7 Å². The molecule has 33 heavy (non-hydrogen) atoms. The highest BCUT2D eigenvalue weighted by atomic mass is 16.5. The maximum Gasteiger partial charge on any atom is 0.253 e. The number of carbonyl (C=O) groups excluding carboxylic acids is 1. The lowest BCUT2D eigenvalue weighted by atomic mass is 9.98. The quantitative estimate of drug-likeness (QED) is 0.540. The normalized spacial score (nSPS) is 21.4. The first-order valence-corrected chi connectivity index (χ1v) is 11.5. The molecule has 0 spiro atoms. The number of nitrogens with zero attached hydrogens (tertiary/aromatic N) is 5. The molecule has 0 aromatic carbocycles. The van der Waals surface area contributed by atoms with Crippen LogP contribution in [-0.2, 0) is 22.5 Å². The largest absolute Gasteiger partial charge is 0.378 e. The number of morpholine rings is 1. The van der Waals surface area contributed by atoms with E-state index in [0.717, 1.165) is 80.3 Å². The summed E-state index contributed by atoms with van der Waals surface area (Å²) in [6.07, 6.45) is 6.93. The lowest BCUT2D eigenvalue weighted by Gasteiger charge is -2.28. The van der Waals surface area contributed by atoms with Gasteiger partial charge in [-0.1, -0.05) is 0 Å². The van der Waals surface area contributed by atoms with Crippen molar-refractivity contribution in [3.8, 4) is 0 Å². The van der Waals surface area contributed by atoms with Crippen LogP contribution >= 0.6 is 0 Å². The number of fused-ring (bicyclic) bond motifs is 1. The Morgan fingerprint density at radius 2 is 2.06 bits per heavy atom. The van der Waals surface area contributed by atoms with Crippen LogP contribution in [0.15, 0.2) is 46.4 Å². The third-order valence-corrected chi connectivity index (χ3v) is 6.45. The summed E-state index contributed by atoms with van der Waals surface area (Å²) < 4.78 is 7.47. The minimum atomic E-state index is -0.123. The smallest absolute Gasteiger partial charge is 0.253 e. The average Bonchev–Trinajstić information content (AvgIpc) is 3.45. The first-order valence-electron chi connectivity index (χ1n) is 11.5. The van der Waals surface area contributed by atoms with Crippen LogP contribution in [0.1, 0.15) is 31.0 Å². The second-order valence-electron chi connectivity index (χ2n) is 8.48. The number of aliphatic imine (C=N–C) groups is 1. The van der Waals surface area contributed by atoms with Crippen molar-refractivity contribution >= 4 is 29.8 Å². The van der Waals surface area contributed by atoms with Crippen molar-refractivity contribution in [2.24, 2.45) is 4.99 Å². The number of amides is 1. The van der Waals surface area contributed by atoms with E-state index in [1.807, 2.05) is 36.1 Å². The summed E-state index contributed by atoms with van der Waals surface area (Å²) in [6, 6.07) is 3.98. The van der Waals surface area contributed by atoms with Gasteiger partial charge >= 0.3 is 0 Å². The maximum absolute atomic E-state index is 12.8. The Bertz CT molecular complexity index is 1120. The summed E-state index contributed by atoms with van der Waals surface area (Å²) in [5.41, 5.74) is 6.09. The van der Waals surface area contributed by atoms with Crippen LogP contribution in [0.2, 0.25) is 0 Å². The second-order valence-corrected chi connectivity index (χ2v) is 8.48. The fraction of sp³-hybridized carbons (Fsp3) is 0.417.